The SMILES string of the molecule is O=C(OC1(CI)C=CC([N+](=O)[O-])=CC1)OC1(CI)C=CC([N+](=O)[O-])=CC1. The van der Waals surface area contributed by atoms with Gasteiger partial charge in [0.05, 0.1) is 9.85 Å². The highest BCUT2D eigenvalue weighted by atomic mass is 127. The van der Waals surface area contributed by atoms with E-state index in [2.05, 4.69) is 0 Å². The Morgan fingerprint density at radius 3 is 1.58 bits per heavy atom. The lowest BCUT2D eigenvalue weighted by atomic mass is 9.96. The lowest BCUT2D eigenvalue weighted by Gasteiger charge is -2.33. The van der Waals surface area contributed by atoms with Gasteiger partial charge in [-0.25, -0.2) is 4.79 Å². The van der Waals surface area contributed by atoms with Crippen LogP contribution in [-0.4, -0.2) is 36.1 Å². The van der Waals surface area contributed by atoms with Gasteiger partial charge in [-0.1, -0.05) is 45.2 Å². The summed E-state index contributed by atoms with van der Waals surface area (Å²) in [6.07, 6.45) is 7.76. The Kier molecular flexibility index (Phi) is 6.76. The first kappa shape index (κ1) is 20.8. The summed E-state index contributed by atoms with van der Waals surface area (Å²) in [4.78, 5) is 32.9. The number of alkyl halides is 2. The molecule has 0 spiro atoms. The Hall–Kier alpha value is -1.51. The Bertz CT molecular complexity index is 686. The third-order valence-electron chi connectivity index (χ3n) is 3.88. The number of allylic oxidation sites excluding steroid dienone is 2. The highest BCUT2D eigenvalue weighted by Crippen LogP contribution is 2.32. The molecule has 9 nitrogen and oxygen atoms in total. The number of hydrogen-bond acceptors (Lipinski definition) is 7. The van der Waals surface area contributed by atoms with Crippen molar-refractivity contribution in [2.24, 2.45) is 0 Å². The van der Waals surface area contributed by atoms with Crippen LogP contribution in [0.1, 0.15) is 12.8 Å². The van der Waals surface area contributed by atoms with E-state index in [1.54, 1.807) is 0 Å². The molecule has 0 aromatic rings. The van der Waals surface area contributed by atoms with Gasteiger partial charge in [0, 0.05) is 33.8 Å². The summed E-state index contributed by atoms with van der Waals surface area (Å²) in [6, 6.07) is 0. The number of halogens is 2. The van der Waals surface area contributed by atoms with Crippen LogP contribution < -0.4 is 0 Å². The van der Waals surface area contributed by atoms with E-state index >= 15 is 0 Å². The molecule has 0 heterocycles. The minimum atomic E-state index is -1.02. The van der Waals surface area contributed by atoms with E-state index in [0.717, 1.165) is 0 Å². The zero-order valence-electron chi connectivity index (χ0n) is 13.3. The van der Waals surface area contributed by atoms with E-state index in [0.29, 0.717) is 8.86 Å². The predicted octanol–water partition coefficient (Wildman–Crippen LogP) is 3.73. The highest BCUT2D eigenvalue weighted by molar-refractivity contribution is 14.1. The second-order valence-corrected chi connectivity index (χ2v) is 7.22. The molecule has 2 aliphatic carbocycles. The summed E-state index contributed by atoms with van der Waals surface area (Å²) in [7, 11) is 0. The molecule has 26 heavy (non-hydrogen) atoms. The molecule has 2 aliphatic rings. The molecule has 0 aromatic carbocycles. The van der Waals surface area contributed by atoms with E-state index in [9.17, 15) is 25.0 Å². The third kappa shape index (κ3) is 4.81. The molecule has 0 bridgehead atoms. The molecular formula is C15H14I2N2O7. The average molecular weight is 588 g/mol. The van der Waals surface area contributed by atoms with Crippen molar-refractivity contribution in [1.29, 1.82) is 0 Å². The molecule has 0 N–H and O–H groups in total. The number of rotatable bonds is 6. The first-order valence-electron chi connectivity index (χ1n) is 7.36. The second kappa shape index (κ2) is 8.45. The van der Waals surface area contributed by atoms with Crippen molar-refractivity contribution in [3.05, 3.63) is 68.1 Å². The monoisotopic (exact) mass is 588 g/mol. The number of hydrogen-bond donors (Lipinski definition) is 0. The van der Waals surface area contributed by atoms with Crippen LogP contribution >= 0.6 is 45.2 Å². The molecule has 0 saturated carbocycles. The van der Waals surface area contributed by atoms with E-state index in [-0.39, 0.29) is 24.2 Å². The van der Waals surface area contributed by atoms with Crippen LogP contribution in [0.2, 0.25) is 0 Å². The summed E-state index contributed by atoms with van der Waals surface area (Å²) >= 11 is 4.06. The molecule has 11 heteroatoms. The fraction of sp³-hybridized carbons (Fsp3) is 0.400. The van der Waals surface area contributed by atoms with Gasteiger partial charge in [0.1, 0.15) is 11.2 Å². The highest BCUT2D eigenvalue weighted by Gasteiger charge is 2.39. The third-order valence-corrected chi connectivity index (χ3v) is 6.46. The smallest absolute Gasteiger partial charge is 0.422 e. The van der Waals surface area contributed by atoms with Gasteiger partial charge in [0.25, 0.3) is 11.4 Å². The van der Waals surface area contributed by atoms with Crippen LogP contribution in [0.3, 0.4) is 0 Å². The van der Waals surface area contributed by atoms with Gasteiger partial charge in [-0.2, -0.15) is 0 Å². The Morgan fingerprint density at radius 2 is 1.35 bits per heavy atom. The summed E-state index contributed by atoms with van der Waals surface area (Å²) in [5.41, 5.74) is -2.16. The number of ether oxygens (including phenoxy) is 2. The first-order chi connectivity index (χ1) is 12.2. The van der Waals surface area contributed by atoms with Crippen molar-refractivity contribution in [2.45, 2.75) is 24.0 Å². The van der Waals surface area contributed by atoms with E-state index in [4.69, 9.17) is 9.47 Å². The summed E-state index contributed by atoms with van der Waals surface area (Å²) in [5.74, 6) is 0. The minimum Gasteiger partial charge on any atom is -0.422 e. The van der Waals surface area contributed by atoms with Gasteiger partial charge in [0.2, 0.25) is 0 Å². The molecule has 0 fully saturated rings. The van der Waals surface area contributed by atoms with Crippen molar-refractivity contribution in [2.75, 3.05) is 8.86 Å². The second-order valence-electron chi connectivity index (χ2n) is 5.70. The summed E-state index contributed by atoms with van der Waals surface area (Å²) < 4.78 is 11.7. The molecule has 0 aromatic heterocycles. The number of carbonyl (C=O) groups excluding carboxylic acids is 1. The predicted molar refractivity (Wildman–Crippen MR) is 108 cm³/mol. The Balaban J connectivity index is 2.06. The molecule has 2 atom stereocenters. The van der Waals surface area contributed by atoms with Gasteiger partial charge in [-0.15, -0.1) is 0 Å². The van der Waals surface area contributed by atoms with Crippen molar-refractivity contribution >= 4 is 51.3 Å². The van der Waals surface area contributed by atoms with Crippen molar-refractivity contribution in [3.63, 3.8) is 0 Å². The average Bonchev–Trinajstić information content (AvgIpc) is 2.62. The normalized spacial score (nSPS) is 27.3. The fourth-order valence-electron chi connectivity index (χ4n) is 2.33. The number of carbonyl (C=O) groups is 1. The first-order valence-corrected chi connectivity index (χ1v) is 10.4. The van der Waals surface area contributed by atoms with Crippen molar-refractivity contribution in [3.8, 4) is 0 Å². The lowest BCUT2D eigenvalue weighted by Crippen LogP contribution is -2.41. The van der Waals surface area contributed by atoms with Crippen LogP contribution in [0, 0.1) is 20.2 Å². The molecule has 2 rings (SSSR count). The molecular weight excluding hydrogens is 574 g/mol. The van der Waals surface area contributed by atoms with Crippen LogP contribution in [0.25, 0.3) is 0 Å². The Labute approximate surface area is 175 Å². The van der Waals surface area contributed by atoms with Gasteiger partial charge in [-0.05, 0) is 24.3 Å². The van der Waals surface area contributed by atoms with Crippen LogP contribution in [0.5, 0.6) is 0 Å². The number of nitro groups is 2. The maximum absolute atomic E-state index is 12.3. The Morgan fingerprint density at radius 1 is 0.962 bits per heavy atom. The van der Waals surface area contributed by atoms with E-state index < -0.39 is 27.2 Å². The molecule has 2 unspecified atom stereocenters. The zero-order valence-corrected chi connectivity index (χ0v) is 17.6. The van der Waals surface area contributed by atoms with Crippen molar-refractivity contribution < 1.29 is 24.1 Å². The zero-order chi connectivity index (χ0) is 19.4. The van der Waals surface area contributed by atoms with Crippen LogP contribution in [0.4, 0.5) is 4.79 Å². The molecule has 0 radical (unpaired) electrons. The summed E-state index contributed by atoms with van der Waals surface area (Å²) in [6.45, 7) is 0. The standard InChI is InChI=1S/C15H14I2N2O7/c16-9-14(5-1-11(2-6-14)18(21)22)25-13(20)26-15(10-17)7-3-12(4-8-15)19(23)24/h1-5,7H,6,8-10H2. The topological polar surface area (TPSA) is 122 Å². The van der Waals surface area contributed by atoms with Gasteiger partial charge >= 0.3 is 6.16 Å². The van der Waals surface area contributed by atoms with Crippen molar-refractivity contribution in [1.82, 2.24) is 0 Å². The lowest BCUT2D eigenvalue weighted by molar-refractivity contribution is -0.419. The molecule has 0 amide bonds. The van der Waals surface area contributed by atoms with Gasteiger partial charge < -0.3 is 9.47 Å². The molecule has 0 aliphatic heterocycles. The van der Waals surface area contributed by atoms with Gasteiger partial charge in [-0.3, -0.25) is 20.2 Å². The minimum absolute atomic E-state index is 0.0566. The van der Waals surface area contributed by atoms with Crippen LogP contribution in [-0.2, 0) is 9.47 Å². The van der Waals surface area contributed by atoms with Gasteiger partial charge in [0.15, 0.2) is 0 Å². The largest absolute Gasteiger partial charge is 0.510 e. The van der Waals surface area contributed by atoms with E-state index in [1.165, 1.54) is 36.5 Å². The van der Waals surface area contributed by atoms with Crippen LogP contribution in [0.15, 0.2) is 47.9 Å². The fourth-order valence-corrected chi connectivity index (χ4v) is 3.77. The molecule has 0 saturated heterocycles. The van der Waals surface area contributed by atoms with E-state index in [1.807, 2.05) is 45.2 Å². The number of nitrogens with zero attached hydrogens (tertiary/aromatic N) is 2. The molecule has 140 valence electrons. The quantitative estimate of drug-likeness (QED) is 0.153. The summed E-state index contributed by atoms with van der Waals surface area (Å²) in [5, 5.41) is 21.6. The maximum atomic E-state index is 12.3. The maximum Gasteiger partial charge on any atom is 0.510 e.